The minimum absolute atomic E-state index is 0. The van der Waals surface area contributed by atoms with Gasteiger partial charge in [-0.15, -0.1) is 0 Å². The van der Waals surface area contributed by atoms with Gasteiger partial charge in [0.1, 0.15) is 85.4 Å². The second-order valence-corrected chi connectivity index (χ2v) is 14.5. The Kier molecular flexibility index (Phi) is 62.4. The monoisotopic (exact) mass is 3070 g/mol. The Bertz CT molecular complexity index is 1260. The van der Waals surface area contributed by atoms with Crippen molar-refractivity contribution in [2.45, 2.75) is 140 Å². The van der Waals surface area contributed by atoms with Crippen LogP contribution >= 0.6 is 34.8 Å². The van der Waals surface area contributed by atoms with Crippen molar-refractivity contribution in [3.05, 3.63) is 10.4 Å². The van der Waals surface area contributed by atoms with Gasteiger partial charge in [-0.2, -0.15) is 0 Å². The van der Waals surface area contributed by atoms with Gasteiger partial charge in [0.25, 0.3) is 3.79 Å². The summed E-state index contributed by atoms with van der Waals surface area (Å²) in [5.41, 5.74) is 9.50. The van der Waals surface area contributed by atoms with E-state index in [1.54, 1.807) is 0 Å². The van der Waals surface area contributed by atoms with Crippen molar-refractivity contribution >= 4 is 40.7 Å². The predicted molar refractivity (Wildman–Crippen MR) is 165 cm³/mol. The number of rotatable bonds is 10. The number of ether oxygens (including phenoxy) is 8. The Labute approximate surface area is 724 Å². The van der Waals surface area contributed by atoms with Gasteiger partial charge in [-0.1, -0.05) is 39.9 Å². The van der Waals surface area contributed by atoms with Gasteiger partial charge in [0.05, 0.1) is 25.4 Å². The molecule has 0 aromatic rings. The first-order valence-electron chi connectivity index (χ1n) is 15.5. The molecule has 10 radical (unpaired) electrons. The van der Waals surface area contributed by atoms with Crippen LogP contribution in [-0.4, -0.2) is 197 Å². The Morgan fingerprint density at radius 3 is 1.34 bits per heavy atom. The molecule has 11 N–H and O–H groups in total. The first-order chi connectivity index (χ1) is 23.9. The zero-order valence-electron chi connectivity index (χ0n) is 32.4. The summed E-state index contributed by atoms with van der Waals surface area (Å²) < 4.78 is 43.1. The van der Waals surface area contributed by atoms with Crippen LogP contribution in [0.3, 0.4) is 0 Å². The summed E-state index contributed by atoms with van der Waals surface area (Å²) in [7, 11) is 0. The third kappa shape index (κ3) is 25.0. The van der Waals surface area contributed by atoms with E-state index < -0.39 is 146 Å². The zero-order chi connectivity index (χ0) is 38.1. The van der Waals surface area contributed by atoms with Crippen LogP contribution in [0.1, 0.15) is 13.8 Å². The molecule has 4 heterocycles. The van der Waals surface area contributed by atoms with Crippen LogP contribution in [0, 0.1) is 446 Å². The summed E-state index contributed by atoms with van der Waals surface area (Å²) in [5.74, 6) is -1.04. The topological polar surface area (TPSA) is 349 Å². The molecule has 4 fully saturated rings. The standard InChI is InChI=1S/C26H41Cl3N4O18.10Ac/c1-5-10(36)13(39)16(42)22(44-5)49-19-9(32-33-31)21(51-25(30)26(27,28)29)47-8(4-35)18(19)48-24-20(15(41)12(38)7(3-34)46-24)50-23-17(43)14(40)11(37)6(2)45-23;;;;;;;;;;/h5-24,30,34-43H,3-4H2,1-2H3;;;;;;;;;;/t5?,6?,7?,8?,9?,10-,11+,12+,13-,14?,15+,16?,17+,18-,19-,20?,21?,22+,23?,24+;;;;;;;;;;/m1........../s1. The molecule has 61 heavy (non-hydrogen) atoms. The Balaban J connectivity index is -0.000000583. The van der Waals surface area contributed by atoms with Crippen LogP contribution < -0.4 is 0 Å². The van der Waals surface area contributed by atoms with Gasteiger partial charge in [0.15, 0.2) is 18.9 Å². The summed E-state index contributed by atoms with van der Waals surface area (Å²) in [6, 6.07) is -1.79. The van der Waals surface area contributed by atoms with E-state index in [0.717, 1.165) is 0 Å². The number of aliphatic hydroxyl groups excluding tert-OH is 10. The molecule has 4 aliphatic rings. The molecule has 4 rings (SSSR count). The molecule has 10 unspecified atom stereocenters. The van der Waals surface area contributed by atoms with E-state index in [-0.39, 0.29) is 441 Å². The van der Waals surface area contributed by atoms with Crippen LogP contribution in [0.5, 0.6) is 0 Å². The fourth-order valence-electron chi connectivity index (χ4n) is 5.85. The van der Waals surface area contributed by atoms with Crippen LogP contribution in [0.4, 0.5) is 0 Å². The molecule has 0 aliphatic carbocycles. The number of hydrogen-bond acceptors (Lipinski definition) is 20. The SMILES string of the molecule is CC1OC(OC2[C@H](O[C@@H]3C(CO)OC(OC(=N)C(Cl)(Cl)Cl)C(N=[N+]=[N-])[C@H]3O[C@@H]3OC(C)[C@@H](O)[C@@H](O)C3O)OC(CO)[C@H](O)[C@@H]2O)[C@@H](O)C(O)[C@H]1O.[Ac].[Ac].[Ac].[Ac].[Ac].[Ac].[Ac].[Ac].[Ac].[Ac]. The number of azide groups is 1. The Morgan fingerprint density at radius 2 is 0.951 bits per heavy atom. The van der Waals surface area contributed by atoms with Crippen LogP contribution in [0.2, 0.25) is 0 Å². The summed E-state index contributed by atoms with van der Waals surface area (Å²) in [6.45, 7) is 0.814. The van der Waals surface area contributed by atoms with Gasteiger partial charge in [-0.3, -0.25) is 5.41 Å². The van der Waals surface area contributed by atoms with E-state index >= 15 is 0 Å². The van der Waals surface area contributed by atoms with E-state index in [0.29, 0.717) is 0 Å². The minimum Gasteiger partial charge on any atom is -0.448 e. The summed E-state index contributed by atoms with van der Waals surface area (Å²) in [4.78, 5) is 2.74. The van der Waals surface area contributed by atoms with E-state index in [4.69, 9.17) is 78.1 Å². The summed E-state index contributed by atoms with van der Waals surface area (Å²) in [6.07, 6.45) is -32.8. The van der Waals surface area contributed by atoms with Crippen LogP contribution in [0.15, 0.2) is 5.11 Å². The van der Waals surface area contributed by atoms with Crippen molar-refractivity contribution in [3.63, 3.8) is 0 Å². The molecule has 20 atom stereocenters. The average molecular weight is 3070 g/mol. The first-order valence-corrected chi connectivity index (χ1v) is 16.6. The Hall–Kier alpha value is 13.4. The van der Waals surface area contributed by atoms with Crippen LogP contribution in [-0.2, 0) is 37.9 Å². The van der Waals surface area contributed by atoms with E-state index in [9.17, 15) is 56.6 Å². The smallest absolute Gasteiger partial charge is 0.265 e. The van der Waals surface area contributed by atoms with Crippen LogP contribution in [0.25, 0.3) is 10.4 Å². The van der Waals surface area contributed by atoms with Gasteiger partial charge < -0.3 is 89.0 Å². The molecule has 4 aliphatic heterocycles. The zero-order valence-corrected chi connectivity index (χ0v) is 82.2. The second kappa shape index (κ2) is 43.2. The maximum atomic E-state index is 11.1. The molecule has 0 spiro atoms. The van der Waals surface area contributed by atoms with Crippen molar-refractivity contribution < 1.29 is 530 Å². The third-order valence-electron chi connectivity index (χ3n) is 8.79. The fraction of sp³-hybridized carbons (Fsp3) is 0.962. The normalized spacial score (nSPS) is 40.2. The number of alkyl halides is 3. The van der Waals surface area contributed by atoms with Crippen molar-refractivity contribution in [2.24, 2.45) is 5.11 Å². The number of nitrogens with zero attached hydrogens (tertiary/aromatic N) is 3. The quantitative estimate of drug-likeness (QED) is 0.0248. The molecule has 0 saturated carbocycles. The molecule has 324 valence electrons. The predicted octanol–water partition coefficient (Wildman–Crippen LogP) is -4.00. The van der Waals surface area contributed by atoms with Gasteiger partial charge in [-0.05, 0) is 19.4 Å². The molecule has 0 bridgehead atoms. The Morgan fingerprint density at radius 1 is 0.557 bits per heavy atom. The minimum atomic E-state index is -2.47. The number of halogens is 3. The number of hydrogen-bond donors (Lipinski definition) is 11. The first kappa shape index (κ1) is 88.2. The van der Waals surface area contributed by atoms with Gasteiger partial charge in [0, 0.05) is 446 Å². The molecule has 0 amide bonds. The third-order valence-corrected chi connectivity index (χ3v) is 9.30. The van der Waals surface area contributed by atoms with E-state index in [1.165, 1.54) is 13.8 Å². The maximum Gasteiger partial charge on any atom is 0.265 e. The number of nitrogens with one attached hydrogen (secondary N) is 1. The van der Waals surface area contributed by atoms with E-state index in [2.05, 4.69) is 10.0 Å². The molecule has 0 aromatic heterocycles. The maximum absolute atomic E-state index is 11.1. The van der Waals surface area contributed by atoms with Crippen molar-refractivity contribution in [1.29, 1.82) is 5.41 Å². The van der Waals surface area contributed by atoms with Gasteiger partial charge in [-0.25, -0.2) is 0 Å². The van der Waals surface area contributed by atoms with Crippen molar-refractivity contribution in [1.82, 2.24) is 0 Å². The largest absolute Gasteiger partial charge is 0.448 e. The van der Waals surface area contributed by atoms with Gasteiger partial charge in [0.2, 0.25) is 12.2 Å². The van der Waals surface area contributed by atoms with Gasteiger partial charge >= 0.3 is 0 Å². The number of aliphatic hydroxyl groups is 10. The average Bonchev–Trinajstić information content (AvgIpc) is 3.08. The van der Waals surface area contributed by atoms with Crippen molar-refractivity contribution in [3.8, 4) is 0 Å². The van der Waals surface area contributed by atoms with Crippen molar-refractivity contribution in [2.75, 3.05) is 13.2 Å². The second-order valence-electron chi connectivity index (χ2n) is 12.2. The molecule has 35 heteroatoms. The molecule has 22 nitrogen and oxygen atoms in total. The fourth-order valence-corrected chi connectivity index (χ4v) is 5.98. The molecular formula is C26H41Ac10Cl3N4O18. The van der Waals surface area contributed by atoms with E-state index in [1.807, 2.05) is 0 Å². The summed E-state index contributed by atoms with van der Waals surface area (Å²) >= 11 is 17.3. The summed E-state index contributed by atoms with van der Waals surface area (Å²) in [5, 5.41) is 116. The molecule has 0 aromatic carbocycles. The molecular weight excluding hydrogens is 3030 g/mol. The molecule has 4 saturated heterocycles.